The van der Waals surface area contributed by atoms with Gasteiger partial charge in [0.15, 0.2) is 0 Å². The number of nitrogens with zero attached hydrogens (tertiary/aromatic N) is 2. The van der Waals surface area contributed by atoms with Crippen molar-refractivity contribution >= 4 is 23.3 Å². The average Bonchev–Trinajstić information content (AvgIpc) is 2.34. The molecular weight excluding hydrogens is 250 g/mol. The number of benzene rings is 1. The lowest BCUT2D eigenvalue weighted by Crippen LogP contribution is -2.50. The first-order chi connectivity index (χ1) is 8.59. The zero-order valence-corrected chi connectivity index (χ0v) is 11.5. The fourth-order valence-corrected chi connectivity index (χ4v) is 2.38. The van der Waals surface area contributed by atoms with E-state index in [9.17, 15) is 4.79 Å². The molecule has 1 saturated heterocycles. The maximum absolute atomic E-state index is 12.2. The van der Waals surface area contributed by atoms with Crippen LogP contribution in [0.15, 0.2) is 18.2 Å². The van der Waals surface area contributed by atoms with Gasteiger partial charge in [0, 0.05) is 20.1 Å². The summed E-state index contributed by atoms with van der Waals surface area (Å²) >= 11 is 6.10. The Hall–Kier alpha value is -1.26. The molecule has 0 saturated carbocycles. The van der Waals surface area contributed by atoms with Crippen molar-refractivity contribution in [2.24, 2.45) is 0 Å². The maximum atomic E-state index is 12.2. The second kappa shape index (κ2) is 5.59. The molecule has 98 valence electrons. The topological polar surface area (TPSA) is 35.6 Å². The van der Waals surface area contributed by atoms with E-state index in [1.165, 1.54) is 0 Å². The van der Waals surface area contributed by atoms with Crippen LogP contribution in [0, 0.1) is 6.92 Å². The van der Waals surface area contributed by atoms with E-state index in [2.05, 4.69) is 5.32 Å². The number of hydrazine groups is 1. The lowest BCUT2D eigenvalue weighted by atomic mass is 10.2. The smallest absolute Gasteiger partial charge is 0.305 e. The predicted octanol–water partition coefficient (Wildman–Crippen LogP) is 3.12. The molecule has 0 spiro atoms. The van der Waals surface area contributed by atoms with Crippen LogP contribution >= 0.6 is 11.6 Å². The third-order valence-corrected chi connectivity index (χ3v) is 3.52. The average molecular weight is 268 g/mol. The number of urea groups is 1. The highest BCUT2D eigenvalue weighted by Crippen LogP contribution is 2.25. The molecule has 1 aromatic rings. The molecule has 1 aromatic carbocycles. The molecule has 0 aliphatic carbocycles. The molecule has 2 rings (SSSR count). The maximum Gasteiger partial charge on any atom is 0.336 e. The zero-order chi connectivity index (χ0) is 13.1. The van der Waals surface area contributed by atoms with E-state index < -0.39 is 0 Å². The molecule has 1 aliphatic heterocycles. The number of rotatable bonds is 1. The molecule has 0 atom stereocenters. The van der Waals surface area contributed by atoms with Crippen LogP contribution in [0.1, 0.15) is 18.4 Å². The molecule has 0 bridgehead atoms. The number of aryl methyl sites for hydroxylation is 1. The second-order valence-corrected chi connectivity index (χ2v) is 4.98. The van der Waals surface area contributed by atoms with Crippen LogP contribution in [0.2, 0.25) is 5.02 Å². The summed E-state index contributed by atoms with van der Waals surface area (Å²) in [6.07, 6.45) is 2.17. The summed E-state index contributed by atoms with van der Waals surface area (Å²) in [4.78, 5) is 12.2. The fraction of sp³-hybridized carbons (Fsp3) is 0.462. The molecule has 1 aliphatic rings. The minimum Gasteiger partial charge on any atom is -0.305 e. The molecule has 1 fully saturated rings. The summed E-state index contributed by atoms with van der Waals surface area (Å²) < 4.78 is 0. The SMILES string of the molecule is Cc1cccc(Cl)c1NC(=O)N1CCCCN1C. The van der Waals surface area contributed by atoms with Gasteiger partial charge in [0.1, 0.15) is 0 Å². The number of hydrogen-bond donors (Lipinski definition) is 1. The third-order valence-electron chi connectivity index (χ3n) is 3.20. The summed E-state index contributed by atoms with van der Waals surface area (Å²) in [6, 6.07) is 5.47. The lowest BCUT2D eigenvalue weighted by Gasteiger charge is -2.35. The van der Waals surface area contributed by atoms with Crippen LogP contribution in [-0.4, -0.2) is 36.2 Å². The summed E-state index contributed by atoms with van der Waals surface area (Å²) in [6.45, 7) is 3.60. The minimum absolute atomic E-state index is 0.117. The van der Waals surface area contributed by atoms with Crippen LogP contribution in [-0.2, 0) is 0 Å². The Morgan fingerprint density at radius 2 is 2.06 bits per heavy atom. The summed E-state index contributed by atoms with van der Waals surface area (Å²) in [5.74, 6) is 0. The Bertz CT molecular complexity index is 430. The third kappa shape index (κ3) is 2.76. The van der Waals surface area contributed by atoms with Crippen LogP contribution in [0.5, 0.6) is 0 Å². The standard InChI is InChI=1S/C13H18ClN3O/c1-10-6-5-7-11(14)12(10)15-13(18)17-9-4-3-8-16(17)2/h5-7H,3-4,8-9H2,1-2H3,(H,15,18). The van der Waals surface area contributed by atoms with Crippen LogP contribution in [0.4, 0.5) is 10.5 Å². The lowest BCUT2D eigenvalue weighted by molar-refractivity contribution is 0.0191. The van der Waals surface area contributed by atoms with E-state index in [0.29, 0.717) is 10.7 Å². The predicted molar refractivity (Wildman–Crippen MR) is 73.8 cm³/mol. The van der Waals surface area contributed by atoms with Crippen molar-refractivity contribution in [1.29, 1.82) is 0 Å². The summed E-state index contributed by atoms with van der Waals surface area (Å²) in [7, 11) is 1.93. The molecule has 0 unspecified atom stereocenters. The van der Waals surface area contributed by atoms with Crippen LogP contribution < -0.4 is 5.32 Å². The van der Waals surface area contributed by atoms with Gasteiger partial charge in [-0.1, -0.05) is 23.7 Å². The highest BCUT2D eigenvalue weighted by Gasteiger charge is 2.22. The number of carbonyl (C=O) groups excluding carboxylic acids is 1. The van der Waals surface area contributed by atoms with Gasteiger partial charge in [-0.2, -0.15) is 0 Å². The van der Waals surface area contributed by atoms with Gasteiger partial charge in [-0.25, -0.2) is 9.80 Å². The number of nitrogens with one attached hydrogen (secondary N) is 1. The Morgan fingerprint density at radius 1 is 1.33 bits per heavy atom. The number of para-hydroxylation sites is 1. The van der Waals surface area contributed by atoms with E-state index in [0.717, 1.165) is 31.5 Å². The van der Waals surface area contributed by atoms with Gasteiger partial charge in [-0.15, -0.1) is 0 Å². The number of hydrogen-bond acceptors (Lipinski definition) is 2. The highest BCUT2D eigenvalue weighted by molar-refractivity contribution is 6.33. The van der Waals surface area contributed by atoms with E-state index in [1.807, 2.05) is 31.1 Å². The summed E-state index contributed by atoms with van der Waals surface area (Å²) in [5, 5.41) is 7.14. The van der Waals surface area contributed by atoms with E-state index in [4.69, 9.17) is 11.6 Å². The van der Waals surface area contributed by atoms with Gasteiger partial charge in [-0.05, 0) is 31.4 Å². The highest BCUT2D eigenvalue weighted by atomic mass is 35.5. The number of amides is 2. The Labute approximate surface area is 112 Å². The first-order valence-corrected chi connectivity index (χ1v) is 6.52. The molecule has 1 N–H and O–H groups in total. The number of halogens is 1. The second-order valence-electron chi connectivity index (χ2n) is 4.57. The summed E-state index contributed by atoms with van der Waals surface area (Å²) in [5.41, 5.74) is 1.67. The number of carbonyl (C=O) groups is 1. The van der Waals surface area contributed by atoms with Crippen molar-refractivity contribution in [1.82, 2.24) is 10.0 Å². The van der Waals surface area contributed by atoms with Crippen molar-refractivity contribution < 1.29 is 4.79 Å². The van der Waals surface area contributed by atoms with Gasteiger partial charge < -0.3 is 5.32 Å². The Kier molecular flexibility index (Phi) is 4.09. The zero-order valence-electron chi connectivity index (χ0n) is 10.7. The normalized spacial score (nSPS) is 16.7. The Balaban J connectivity index is 2.11. The van der Waals surface area contributed by atoms with Crippen molar-refractivity contribution in [3.8, 4) is 0 Å². The molecule has 0 aromatic heterocycles. The van der Waals surface area contributed by atoms with Gasteiger partial charge >= 0.3 is 6.03 Å². The van der Waals surface area contributed by atoms with Gasteiger partial charge in [-0.3, -0.25) is 5.01 Å². The van der Waals surface area contributed by atoms with Crippen LogP contribution in [0.3, 0.4) is 0 Å². The van der Waals surface area contributed by atoms with E-state index in [1.54, 1.807) is 11.1 Å². The van der Waals surface area contributed by atoms with Gasteiger partial charge in [0.2, 0.25) is 0 Å². The van der Waals surface area contributed by atoms with E-state index in [-0.39, 0.29) is 6.03 Å². The first-order valence-electron chi connectivity index (χ1n) is 6.14. The molecule has 0 radical (unpaired) electrons. The number of anilines is 1. The van der Waals surface area contributed by atoms with E-state index >= 15 is 0 Å². The van der Waals surface area contributed by atoms with Crippen molar-refractivity contribution in [2.45, 2.75) is 19.8 Å². The quantitative estimate of drug-likeness (QED) is 0.849. The largest absolute Gasteiger partial charge is 0.336 e. The van der Waals surface area contributed by atoms with Crippen molar-refractivity contribution in [3.63, 3.8) is 0 Å². The molecule has 1 heterocycles. The van der Waals surface area contributed by atoms with Crippen molar-refractivity contribution in [2.75, 3.05) is 25.5 Å². The molecule has 4 nitrogen and oxygen atoms in total. The van der Waals surface area contributed by atoms with Gasteiger partial charge in [0.05, 0.1) is 10.7 Å². The molecular formula is C13H18ClN3O. The van der Waals surface area contributed by atoms with Gasteiger partial charge in [0.25, 0.3) is 0 Å². The van der Waals surface area contributed by atoms with Crippen molar-refractivity contribution in [3.05, 3.63) is 28.8 Å². The Morgan fingerprint density at radius 3 is 2.72 bits per heavy atom. The fourth-order valence-electron chi connectivity index (χ4n) is 2.11. The molecule has 5 heteroatoms. The minimum atomic E-state index is -0.117. The molecule has 2 amide bonds. The monoisotopic (exact) mass is 267 g/mol. The first kappa shape index (κ1) is 13.2. The van der Waals surface area contributed by atoms with Crippen LogP contribution in [0.25, 0.3) is 0 Å². The molecule has 18 heavy (non-hydrogen) atoms.